The predicted octanol–water partition coefficient (Wildman–Crippen LogP) is 2.46. The number of hydrogen-bond donors (Lipinski definition) is 0. The fraction of sp³-hybridized carbons (Fsp3) is 0.550. The Morgan fingerprint density at radius 1 is 1.08 bits per heavy atom. The fourth-order valence-corrected chi connectivity index (χ4v) is 4.04. The van der Waals surface area contributed by atoms with E-state index in [4.69, 9.17) is 4.74 Å². The van der Waals surface area contributed by atoms with E-state index in [0.29, 0.717) is 11.8 Å². The minimum absolute atomic E-state index is 0.159. The zero-order valence-corrected chi connectivity index (χ0v) is 15.1. The van der Waals surface area contributed by atoms with Gasteiger partial charge in [-0.05, 0) is 37.8 Å². The van der Waals surface area contributed by atoms with Crippen LogP contribution in [0.1, 0.15) is 43.1 Å². The van der Waals surface area contributed by atoms with E-state index < -0.39 is 0 Å². The average molecular weight is 354 g/mol. The highest BCUT2D eigenvalue weighted by Gasteiger charge is 2.31. The van der Waals surface area contributed by atoms with Crippen LogP contribution in [0, 0.1) is 5.92 Å². The first-order valence-corrected chi connectivity index (χ1v) is 9.59. The molecule has 6 nitrogen and oxygen atoms in total. The van der Waals surface area contributed by atoms with E-state index >= 15 is 0 Å². The number of hydrogen-bond acceptors (Lipinski definition) is 4. The molecule has 0 saturated carbocycles. The monoisotopic (exact) mass is 354 g/mol. The minimum atomic E-state index is 0.159. The lowest BCUT2D eigenvalue weighted by atomic mass is 9.93. The molecule has 0 spiro atoms. The number of ether oxygens (including phenoxy) is 1. The van der Waals surface area contributed by atoms with Crippen molar-refractivity contribution in [3.8, 4) is 0 Å². The Morgan fingerprint density at radius 2 is 1.88 bits per heavy atom. The van der Waals surface area contributed by atoms with Gasteiger partial charge in [0, 0.05) is 56.7 Å². The molecule has 1 amide bonds. The molecule has 4 rings (SSSR count). The van der Waals surface area contributed by atoms with Crippen LogP contribution in [0.3, 0.4) is 0 Å². The van der Waals surface area contributed by atoms with Crippen LogP contribution < -0.4 is 0 Å². The van der Waals surface area contributed by atoms with Crippen LogP contribution in [0.5, 0.6) is 0 Å². The van der Waals surface area contributed by atoms with Gasteiger partial charge < -0.3 is 14.2 Å². The maximum absolute atomic E-state index is 12.7. The third-order valence-electron chi connectivity index (χ3n) is 5.55. The van der Waals surface area contributed by atoms with Crippen molar-refractivity contribution in [2.24, 2.45) is 5.92 Å². The van der Waals surface area contributed by atoms with Crippen LogP contribution in [-0.2, 0) is 16.1 Å². The third kappa shape index (κ3) is 3.80. The molecule has 4 heterocycles. The van der Waals surface area contributed by atoms with Gasteiger partial charge in [-0.15, -0.1) is 0 Å². The molecule has 2 saturated heterocycles. The number of rotatable bonds is 4. The molecule has 0 aromatic carbocycles. The summed E-state index contributed by atoms with van der Waals surface area (Å²) >= 11 is 0. The van der Waals surface area contributed by atoms with Crippen LogP contribution in [0.2, 0.25) is 0 Å². The van der Waals surface area contributed by atoms with E-state index in [1.807, 2.05) is 36.8 Å². The van der Waals surface area contributed by atoms with Gasteiger partial charge in [-0.2, -0.15) is 0 Å². The summed E-state index contributed by atoms with van der Waals surface area (Å²) in [5.41, 5.74) is 1.04. The lowest BCUT2D eigenvalue weighted by Crippen LogP contribution is -2.43. The fourth-order valence-electron chi connectivity index (χ4n) is 4.04. The number of amides is 1. The number of piperidine rings is 1. The topological polar surface area (TPSA) is 60.2 Å². The molecule has 6 heteroatoms. The summed E-state index contributed by atoms with van der Waals surface area (Å²) in [5, 5.41) is 0. The zero-order valence-electron chi connectivity index (χ0n) is 15.1. The van der Waals surface area contributed by atoms with Gasteiger partial charge in [0.05, 0.1) is 12.2 Å². The lowest BCUT2D eigenvalue weighted by Gasteiger charge is -2.35. The normalized spacial score (nSPS) is 19.6. The first-order chi connectivity index (χ1) is 12.8. The minimum Gasteiger partial charge on any atom is -0.381 e. The predicted molar refractivity (Wildman–Crippen MR) is 97.7 cm³/mol. The van der Waals surface area contributed by atoms with E-state index in [9.17, 15) is 4.79 Å². The van der Waals surface area contributed by atoms with Crippen LogP contribution in [-0.4, -0.2) is 51.6 Å². The van der Waals surface area contributed by atoms with E-state index in [-0.39, 0.29) is 5.92 Å². The third-order valence-corrected chi connectivity index (χ3v) is 5.55. The van der Waals surface area contributed by atoms with Crippen LogP contribution in [0.4, 0.5) is 0 Å². The maximum atomic E-state index is 12.7. The van der Waals surface area contributed by atoms with E-state index in [1.54, 1.807) is 0 Å². The molecule has 2 aliphatic heterocycles. The number of carbonyl (C=O) groups is 1. The molecule has 0 radical (unpaired) electrons. The molecule has 0 N–H and O–H groups in total. The van der Waals surface area contributed by atoms with Gasteiger partial charge >= 0.3 is 0 Å². The van der Waals surface area contributed by atoms with Crippen molar-refractivity contribution in [3.05, 3.63) is 48.3 Å². The molecular formula is C20H26N4O2. The van der Waals surface area contributed by atoms with Gasteiger partial charge in [0.2, 0.25) is 5.91 Å². The number of carbonyl (C=O) groups excluding carboxylic acids is 1. The second kappa shape index (κ2) is 7.99. The number of pyridine rings is 1. The molecule has 2 aliphatic rings. The molecule has 138 valence electrons. The number of nitrogens with zero attached hydrogens (tertiary/aromatic N) is 4. The van der Waals surface area contributed by atoms with Crippen molar-refractivity contribution in [3.63, 3.8) is 0 Å². The van der Waals surface area contributed by atoms with Crippen molar-refractivity contribution >= 4 is 5.91 Å². The Bertz CT molecular complexity index is 716. The average Bonchev–Trinajstić information content (AvgIpc) is 3.17. The van der Waals surface area contributed by atoms with E-state index in [1.165, 1.54) is 0 Å². The Kier molecular flexibility index (Phi) is 5.29. The quantitative estimate of drug-likeness (QED) is 0.846. The van der Waals surface area contributed by atoms with E-state index in [2.05, 4.69) is 19.4 Å². The van der Waals surface area contributed by atoms with Gasteiger partial charge in [-0.1, -0.05) is 6.07 Å². The summed E-state index contributed by atoms with van der Waals surface area (Å²) in [7, 11) is 0. The van der Waals surface area contributed by atoms with Crippen molar-refractivity contribution in [2.45, 2.75) is 38.1 Å². The van der Waals surface area contributed by atoms with Crippen LogP contribution in [0.25, 0.3) is 0 Å². The molecule has 2 aromatic heterocycles. The van der Waals surface area contributed by atoms with Gasteiger partial charge in [0.25, 0.3) is 0 Å². The second-order valence-electron chi connectivity index (χ2n) is 7.22. The first kappa shape index (κ1) is 17.2. The summed E-state index contributed by atoms with van der Waals surface area (Å²) in [6, 6.07) is 5.99. The lowest BCUT2D eigenvalue weighted by molar-refractivity contribution is -0.139. The molecule has 0 unspecified atom stereocenters. The highest BCUT2D eigenvalue weighted by atomic mass is 16.5. The van der Waals surface area contributed by atoms with Gasteiger partial charge in [0.1, 0.15) is 5.82 Å². The highest BCUT2D eigenvalue weighted by molar-refractivity contribution is 5.79. The number of aromatic nitrogens is 3. The molecular weight excluding hydrogens is 328 g/mol. The molecule has 2 aromatic rings. The molecule has 0 atom stereocenters. The first-order valence-electron chi connectivity index (χ1n) is 9.59. The SMILES string of the molecule is O=C(C1CCOCC1)N1CCC(c2nccn2Cc2ccccn2)CC1. The van der Waals surface area contributed by atoms with E-state index in [0.717, 1.165) is 70.0 Å². The Hall–Kier alpha value is -2.21. The Morgan fingerprint density at radius 3 is 2.62 bits per heavy atom. The van der Waals surface area contributed by atoms with Gasteiger partial charge in [-0.25, -0.2) is 4.98 Å². The van der Waals surface area contributed by atoms with Crippen molar-refractivity contribution < 1.29 is 9.53 Å². The smallest absolute Gasteiger partial charge is 0.225 e. The zero-order chi connectivity index (χ0) is 17.8. The Labute approximate surface area is 154 Å². The number of likely N-dealkylation sites (tertiary alicyclic amines) is 1. The largest absolute Gasteiger partial charge is 0.381 e. The highest BCUT2D eigenvalue weighted by Crippen LogP contribution is 2.29. The summed E-state index contributed by atoms with van der Waals surface area (Å²) in [4.78, 5) is 23.8. The molecule has 0 aliphatic carbocycles. The maximum Gasteiger partial charge on any atom is 0.225 e. The van der Waals surface area contributed by atoms with Gasteiger partial charge in [0.15, 0.2) is 0 Å². The molecule has 0 bridgehead atoms. The van der Waals surface area contributed by atoms with Crippen molar-refractivity contribution in [2.75, 3.05) is 26.3 Å². The van der Waals surface area contributed by atoms with Crippen LogP contribution >= 0.6 is 0 Å². The second-order valence-corrected chi connectivity index (χ2v) is 7.22. The Balaban J connectivity index is 1.36. The summed E-state index contributed by atoms with van der Waals surface area (Å²) in [6.45, 7) is 3.85. The van der Waals surface area contributed by atoms with Gasteiger partial charge in [-0.3, -0.25) is 9.78 Å². The summed E-state index contributed by atoms with van der Waals surface area (Å²) < 4.78 is 7.58. The van der Waals surface area contributed by atoms with Crippen LogP contribution in [0.15, 0.2) is 36.8 Å². The van der Waals surface area contributed by atoms with Crippen molar-refractivity contribution in [1.82, 2.24) is 19.4 Å². The standard InChI is InChI=1S/C20H26N4O2/c25-20(17-6-13-26-14-7-17)23-10-4-16(5-11-23)19-22-9-12-24(19)15-18-3-1-2-8-21-18/h1-3,8-9,12,16-17H,4-7,10-11,13-15H2. The van der Waals surface area contributed by atoms with Crippen molar-refractivity contribution in [1.29, 1.82) is 0 Å². The summed E-state index contributed by atoms with van der Waals surface area (Å²) in [5.74, 6) is 2.01. The molecule has 26 heavy (non-hydrogen) atoms. The molecule has 2 fully saturated rings. The summed E-state index contributed by atoms with van der Waals surface area (Å²) in [6.07, 6.45) is 9.43. The number of imidazole rings is 1.